The molecular weight excluding hydrogens is 336 g/mol. The van der Waals surface area contributed by atoms with Crippen molar-refractivity contribution >= 4 is 11.6 Å². The van der Waals surface area contributed by atoms with Crippen LogP contribution in [0, 0.1) is 5.92 Å². The number of aryl methyl sites for hydroxylation is 1. The number of methoxy groups -OCH3 is 1. The molecule has 2 N–H and O–H groups in total. The third-order valence-electron chi connectivity index (χ3n) is 4.61. The highest BCUT2D eigenvalue weighted by Crippen LogP contribution is 2.24. The summed E-state index contributed by atoms with van der Waals surface area (Å²) in [7, 11) is 3.11. The molecule has 8 heteroatoms. The van der Waals surface area contributed by atoms with Crippen molar-refractivity contribution in [3.63, 3.8) is 0 Å². The lowest BCUT2D eigenvalue weighted by molar-refractivity contribution is 0.0945. The van der Waals surface area contributed by atoms with E-state index in [4.69, 9.17) is 4.74 Å². The number of aromatic nitrogens is 2. The summed E-state index contributed by atoms with van der Waals surface area (Å²) in [5.74, 6) is 0.330. The molecule has 3 rings (SSSR count). The van der Waals surface area contributed by atoms with Gasteiger partial charge in [-0.25, -0.2) is 4.68 Å². The highest BCUT2D eigenvalue weighted by atomic mass is 16.5. The molecule has 8 nitrogen and oxygen atoms in total. The first-order valence-corrected chi connectivity index (χ1v) is 8.41. The summed E-state index contributed by atoms with van der Waals surface area (Å²) in [6, 6.07) is 6.16. The highest BCUT2D eigenvalue weighted by molar-refractivity contribution is 5.97. The van der Waals surface area contributed by atoms with Crippen molar-refractivity contribution < 1.29 is 14.6 Å². The van der Waals surface area contributed by atoms with Crippen molar-refractivity contribution in [2.24, 2.45) is 13.0 Å². The van der Waals surface area contributed by atoms with Crippen molar-refractivity contribution in [2.45, 2.75) is 6.42 Å². The van der Waals surface area contributed by atoms with Crippen LogP contribution in [0.3, 0.4) is 0 Å². The summed E-state index contributed by atoms with van der Waals surface area (Å²) in [5.41, 5.74) is 0.875. The highest BCUT2D eigenvalue weighted by Gasteiger charge is 2.24. The first kappa shape index (κ1) is 17.8. The molecule has 1 aromatic carbocycles. The maximum Gasteiger partial charge on any atom is 0.268 e. The fourth-order valence-corrected chi connectivity index (χ4v) is 3.03. The molecule has 1 aromatic heterocycles. The molecule has 138 valence electrons. The predicted molar refractivity (Wildman–Crippen MR) is 96.8 cm³/mol. The van der Waals surface area contributed by atoms with E-state index in [-0.39, 0.29) is 28.7 Å². The first-order chi connectivity index (χ1) is 12.5. The van der Waals surface area contributed by atoms with Crippen LogP contribution in [0.2, 0.25) is 0 Å². The minimum absolute atomic E-state index is 0.110. The van der Waals surface area contributed by atoms with Gasteiger partial charge in [-0.15, -0.1) is 0 Å². The number of benzene rings is 1. The van der Waals surface area contributed by atoms with Gasteiger partial charge in [0.2, 0.25) is 0 Å². The quantitative estimate of drug-likeness (QED) is 0.819. The van der Waals surface area contributed by atoms with Crippen molar-refractivity contribution in [3.8, 4) is 11.5 Å². The number of anilines is 1. The molecule has 1 atom stereocenters. The molecule has 0 unspecified atom stereocenters. The summed E-state index contributed by atoms with van der Waals surface area (Å²) < 4.78 is 6.30. The largest absolute Gasteiger partial charge is 0.507 e. The number of phenolic OH excluding ortho intramolecular Hbond substituents is 1. The Bertz CT molecular complexity index is 865. The van der Waals surface area contributed by atoms with Gasteiger partial charge in [0.05, 0.1) is 24.6 Å². The summed E-state index contributed by atoms with van der Waals surface area (Å²) in [4.78, 5) is 26.1. The van der Waals surface area contributed by atoms with Crippen molar-refractivity contribution in [3.05, 3.63) is 46.4 Å². The van der Waals surface area contributed by atoms with Gasteiger partial charge in [0.1, 0.15) is 11.5 Å². The lowest BCUT2D eigenvalue weighted by Crippen LogP contribution is -2.31. The number of carbonyl (C=O) groups is 1. The van der Waals surface area contributed by atoms with Gasteiger partial charge in [-0.1, -0.05) is 0 Å². The van der Waals surface area contributed by atoms with Crippen molar-refractivity contribution in [1.82, 2.24) is 15.1 Å². The molecule has 0 spiro atoms. The Balaban J connectivity index is 1.56. The molecule has 0 bridgehead atoms. The van der Waals surface area contributed by atoms with E-state index >= 15 is 0 Å². The topological polar surface area (TPSA) is 96.7 Å². The van der Waals surface area contributed by atoms with Crippen LogP contribution in [-0.4, -0.2) is 47.5 Å². The molecule has 1 aliphatic rings. The van der Waals surface area contributed by atoms with Gasteiger partial charge in [0.15, 0.2) is 0 Å². The number of aromatic hydroxyl groups is 1. The molecule has 0 aliphatic carbocycles. The molecule has 1 aliphatic heterocycles. The predicted octanol–water partition coefficient (Wildman–Crippen LogP) is 0.751. The Hall–Kier alpha value is -3.03. The molecule has 0 radical (unpaired) electrons. The Labute approximate surface area is 151 Å². The monoisotopic (exact) mass is 358 g/mol. The summed E-state index contributed by atoms with van der Waals surface area (Å²) in [6.07, 6.45) is 2.59. The second-order valence-electron chi connectivity index (χ2n) is 6.37. The Morgan fingerprint density at radius 3 is 2.92 bits per heavy atom. The molecule has 2 aromatic rings. The van der Waals surface area contributed by atoms with E-state index in [1.165, 1.54) is 23.9 Å². The van der Waals surface area contributed by atoms with Crippen LogP contribution in [0.25, 0.3) is 0 Å². The van der Waals surface area contributed by atoms with Gasteiger partial charge in [-0.3, -0.25) is 9.59 Å². The minimum Gasteiger partial charge on any atom is -0.507 e. The van der Waals surface area contributed by atoms with Crippen LogP contribution in [0.4, 0.5) is 5.69 Å². The van der Waals surface area contributed by atoms with Crippen LogP contribution in [0.15, 0.2) is 35.3 Å². The lowest BCUT2D eigenvalue weighted by atomic mass is 10.1. The maximum absolute atomic E-state index is 12.3. The minimum atomic E-state index is -0.321. The summed E-state index contributed by atoms with van der Waals surface area (Å²) in [6.45, 7) is 2.05. The van der Waals surface area contributed by atoms with Crippen molar-refractivity contribution in [2.75, 3.05) is 31.6 Å². The van der Waals surface area contributed by atoms with Crippen LogP contribution >= 0.6 is 0 Å². The third kappa shape index (κ3) is 3.79. The number of hydrogen-bond donors (Lipinski definition) is 2. The SMILES string of the molecule is COc1ccc(C(=O)NC[C@H]2CCN(c3cnn(C)c(=O)c3)C2)c(O)c1. The van der Waals surface area contributed by atoms with Gasteiger partial charge in [0, 0.05) is 38.8 Å². The average Bonchev–Trinajstić information content (AvgIpc) is 3.11. The van der Waals surface area contributed by atoms with Crippen LogP contribution < -0.4 is 20.5 Å². The van der Waals surface area contributed by atoms with E-state index in [0.29, 0.717) is 12.3 Å². The van der Waals surface area contributed by atoms with E-state index < -0.39 is 0 Å². The van der Waals surface area contributed by atoms with Crippen LogP contribution in [-0.2, 0) is 7.05 Å². The second kappa shape index (κ2) is 7.47. The second-order valence-corrected chi connectivity index (χ2v) is 6.37. The van der Waals surface area contributed by atoms with E-state index in [0.717, 1.165) is 25.2 Å². The summed E-state index contributed by atoms with van der Waals surface area (Å²) in [5, 5.41) is 16.8. The number of nitrogens with one attached hydrogen (secondary N) is 1. The van der Waals surface area contributed by atoms with Crippen molar-refractivity contribution in [1.29, 1.82) is 0 Å². The summed E-state index contributed by atoms with van der Waals surface area (Å²) >= 11 is 0. The number of rotatable bonds is 5. The van der Waals surface area contributed by atoms with Gasteiger partial charge in [0.25, 0.3) is 11.5 Å². The van der Waals surface area contributed by atoms with Gasteiger partial charge >= 0.3 is 0 Å². The van der Waals surface area contributed by atoms with E-state index in [1.54, 1.807) is 25.4 Å². The zero-order valence-corrected chi connectivity index (χ0v) is 14.8. The number of amides is 1. The smallest absolute Gasteiger partial charge is 0.268 e. The lowest BCUT2D eigenvalue weighted by Gasteiger charge is -2.18. The van der Waals surface area contributed by atoms with Crippen LogP contribution in [0.5, 0.6) is 11.5 Å². The first-order valence-electron chi connectivity index (χ1n) is 8.41. The number of ether oxygens (including phenoxy) is 1. The molecule has 2 heterocycles. The van der Waals surface area contributed by atoms with E-state index in [2.05, 4.69) is 15.3 Å². The Morgan fingerprint density at radius 1 is 1.42 bits per heavy atom. The average molecular weight is 358 g/mol. The van der Waals surface area contributed by atoms with E-state index in [1.807, 2.05) is 0 Å². The number of phenols is 1. The maximum atomic E-state index is 12.3. The number of hydrogen-bond acceptors (Lipinski definition) is 6. The normalized spacial score (nSPS) is 16.5. The zero-order chi connectivity index (χ0) is 18.7. The molecular formula is C18H22N4O4. The van der Waals surface area contributed by atoms with Gasteiger partial charge in [-0.05, 0) is 24.5 Å². The standard InChI is InChI=1S/C18H22N4O4/c1-21-17(24)7-13(10-20-21)22-6-5-12(11-22)9-19-18(25)15-4-3-14(26-2)8-16(15)23/h3-4,7-8,10,12,23H,5-6,9,11H2,1-2H3,(H,19,25)/t12-/m1/s1. The number of nitrogens with zero attached hydrogens (tertiary/aromatic N) is 3. The van der Waals surface area contributed by atoms with Gasteiger partial charge in [-0.2, -0.15) is 5.10 Å². The molecule has 1 saturated heterocycles. The molecule has 26 heavy (non-hydrogen) atoms. The molecule has 0 saturated carbocycles. The third-order valence-corrected chi connectivity index (χ3v) is 4.61. The fourth-order valence-electron chi connectivity index (χ4n) is 3.03. The fraction of sp³-hybridized carbons (Fsp3) is 0.389. The zero-order valence-electron chi connectivity index (χ0n) is 14.8. The molecule has 1 amide bonds. The Kier molecular flexibility index (Phi) is 5.11. The van der Waals surface area contributed by atoms with Crippen LogP contribution in [0.1, 0.15) is 16.8 Å². The molecule has 1 fully saturated rings. The Morgan fingerprint density at radius 2 is 2.23 bits per heavy atom. The number of carbonyl (C=O) groups excluding carboxylic acids is 1. The van der Waals surface area contributed by atoms with E-state index in [9.17, 15) is 14.7 Å². The van der Waals surface area contributed by atoms with Gasteiger partial charge < -0.3 is 20.1 Å².